The van der Waals surface area contributed by atoms with Gasteiger partial charge in [-0.3, -0.25) is 14.3 Å². The van der Waals surface area contributed by atoms with Gasteiger partial charge in [0.15, 0.2) is 5.82 Å². The number of benzene rings is 1. The summed E-state index contributed by atoms with van der Waals surface area (Å²) in [5, 5.41) is 7.98. The Morgan fingerprint density at radius 1 is 1.38 bits per heavy atom. The van der Waals surface area contributed by atoms with Gasteiger partial charge in [0, 0.05) is 18.7 Å². The van der Waals surface area contributed by atoms with E-state index in [1.807, 2.05) is 34.9 Å². The average molecular weight is 289 g/mol. The molecule has 0 unspecified atom stereocenters. The highest BCUT2D eigenvalue weighted by Crippen LogP contribution is 2.22. The number of primary amides is 1. The molecule has 1 aromatic carbocycles. The summed E-state index contributed by atoms with van der Waals surface area (Å²) in [6.45, 7) is 0.526. The lowest BCUT2D eigenvalue weighted by atomic mass is 10.2. The van der Waals surface area contributed by atoms with Crippen molar-refractivity contribution < 1.29 is 9.18 Å². The SMILES string of the molecule is NC(=O)[C@@H]1C[C@@H](F)CN1Cc1nncn1-c1ccccc1. The molecule has 2 heterocycles. The molecule has 3 rings (SSSR count). The van der Waals surface area contributed by atoms with Crippen LogP contribution in [0.4, 0.5) is 4.39 Å². The fraction of sp³-hybridized carbons (Fsp3) is 0.357. The van der Waals surface area contributed by atoms with Gasteiger partial charge >= 0.3 is 0 Å². The molecule has 0 aliphatic carbocycles. The van der Waals surface area contributed by atoms with Gasteiger partial charge in [-0.05, 0) is 12.1 Å². The first-order valence-corrected chi connectivity index (χ1v) is 6.77. The number of likely N-dealkylation sites (tertiary alicyclic amines) is 1. The van der Waals surface area contributed by atoms with Crippen LogP contribution in [0.3, 0.4) is 0 Å². The zero-order valence-electron chi connectivity index (χ0n) is 11.4. The smallest absolute Gasteiger partial charge is 0.234 e. The maximum atomic E-state index is 13.5. The number of para-hydroxylation sites is 1. The van der Waals surface area contributed by atoms with E-state index < -0.39 is 18.1 Å². The van der Waals surface area contributed by atoms with Crippen molar-refractivity contribution in [2.24, 2.45) is 5.73 Å². The molecule has 0 radical (unpaired) electrons. The minimum atomic E-state index is -1.03. The Bertz CT molecular complexity index is 629. The summed E-state index contributed by atoms with van der Waals surface area (Å²) in [7, 11) is 0. The van der Waals surface area contributed by atoms with Crippen molar-refractivity contribution in [1.82, 2.24) is 19.7 Å². The monoisotopic (exact) mass is 289 g/mol. The topological polar surface area (TPSA) is 77.0 Å². The number of aromatic nitrogens is 3. The molecule has 1 saturated heterocycles. The van der Waals surface area contributed by atoms with E-state index in [4.69, 9.17) is 5.73 Å². The van der Waals surface area contributed by atoms with Crippen molar-refractivity contribution in [3.8, 4) is 5.69 Å². The van der Waals surface area contributed by atoms with Gasteiger partial charge in [0.25, 0.3) is 0 Å². The Kier molecular flexibility index (Phi) is 3.66. The fourth-order valence-corrected chi connectivity index (χ4v) is 2.67. The zero-order chi connectivity index (χ0) is 14.8. The van der Waals surface area contributed by atoms with Crippen molar-refractivity contribution in [2.75, 3.05) is 6.54 Å². The quantitative estimate of drug-likeness (QED) is 0.897. The van der Waals surface area contributed by atoms with Gasteiger partial charge in [-0.25, -0.2) is 4.39 Å². The predicted molar refractivity (Wildman–Crippen MR) is 74.3 cm³/mol. The first kappa shape index (κ1) is 13.7. The van der Waals surface area contributed by atoms with Gasteiger partial charge in [-0.15, -0.1) is 10.2 Å². The van der Waals surface area contributed by atoms with Gasteiger partial charge in [-0.1, -0.05) is 18.2 Å². The molecular weight excluding hydrogens is 273 g/mol. The summed E-state index contributed by atoms with van der Waals surface area (Å²) in [6.07, 6.45) is 0.720. The van der Waals surface area contributed by atoms with Crippen LogP contribution in [-0.4, -0.2) is 44.3 Å². The molecule has 2 aromatic rings. The lowest BCUT2D eigenvalue weighted by Crippen LogP contribution is -2.40. The maximum Gasteiger partial charge on any atom is 0.234 e. The Hall–Kier alpha value is -2.28. The van der Waals surface area contributed by atoms with Crippen molar-refractivity contribution >= 4 is 5.91 Å². The van der Waals surface area contributed by atoms with Crippen LogP contribution < -0.4 is 5.73 Å². The molecule has 1 aliphatic heterocycles. The van der Waals surface area contributed by atoms with Crippen molar-refractivity contribution in [1.29, 1.82) is 0 Å². The second-order valence-electron chi connectivity index (χ2n) is 5.13. The summed E-state index contributed by atoms with van der Waals surface area (Å²) in [5.41, 5.74) is 6.26. The number of nitrogens with zero attached hydrogens (tertiary/aromatic N) is 4. The number of nitrogens with two attached hydrogens (primary N) is 1. The minimum absolute atomic E-state index is 0.148. The van der Waals surface area contributed by atoms with Crippen LogP contribution in [0.25, 0.3) is 5.69 Å². The minimum Gasteiger partial charge on any atom is -0.368 e. The molecule has 1 fully saturated rings. The highest BCUT2D eigenvalue weighted by molar-refractivity contribution is 5.80. The number of halogens is 1. The van der Waals surface area contributed by atoms with Crippen LogP contribution in [0.5, 0.6) is 0 Å². The number of hydrogen-bond donors (Lipinski definition) is 1. The number of rotatable bonds is 4. The molecule has 1 aliphatic rings. The molecule has 0 saturated carbocycles. The van der Waals surface area contributed by atoms with E-state index in [-0.39, 0.29) is 13.0 Å². The van der Waals surface area contributed by atoms with Crippen LogP contribution in [-0.2, 0) is 11.3 Å². The van der Waals surface area contributed by atoms with Gasteiger partial charge in [0.05, 0.1) is 12.6 Å². The van der Waals surface area contributed by atoms with E-state index >= 15 is 0 Å². The molecule has 6 nitrogen and oxygen atoms in total. The van der Waals surface area contributed by atoms with Crippen molar-refractivity contribution in [3.63, 3.8) is 0 Å². The van der Waals surface area contributed by atoms with E-state index in [0.717, 1.165) is 5.69 Å². The van der Waals surface area contributed by atoms with Crippen molar-refractivity contribution in [2.45, 2.75) is 25.2 Å². The van der Waals surface area contributed by atoms with E-state index in [1.165, 1.54) is 0 Å². The molecule has 0 spiro atoms. The van der Waals surface area contributed by atoms with E-state index in [1.54, 1.807) is 11.2 Å². The van der Waals surface area contributed by atoms with Crippen LogP contribution in [0, 0.1) is 0 Å². The first-order chi connectivity index (χ1) is 10.1. The molecule has 110 valence electrons. The number of carbonyl (C=O) groups excluding carboxylic acids is 1. The summed E-state index contributed by atoms with van der Waals surface area (Å²) in [5.74, 6) is 0.155. The number of amides is 1. The summed E-state index contributed by atoms with van der Waals surface area (Å²) < 4.78 is 15.4. The highest BCUT2D eigenvalue weighted by Gasteiger charge is 2.36. The molecule has 7 heteroatoms. The number of carbonyl (C=O) groups is 1. The number of alkyl halides is 1. The van der Waals surface area contributed by atoms with Crippen LogP contribution in [0.15, 0.2) is 36.7 Å². The lowest BCUT2D eigenvalue weighted by Gasteiger charge is -2.20. The third-order valence-electron chi connectivity index (χ3n) is 3.68. The van der Waals surface area contributed by atoms with E-state index in [0.29, 0.717) is 12.4 Å². The largest absolute Gasteiger partial charge is 0.368 e. The van der Waals surface area contributed by atoms with Gasteiger partial charge in [0.2, 0.25) is 5.91 Å². The highest BCUT2D eigenvalue weighted by atomic mass is 19.1. The molecule has 0 bridgehead atoms. The summed E-state index contributed by atoms with van der Waals surface area (Å²) >= 11 is 0. The van der Waals surface area contributed by atoms with Gasteiger partial charge in [0.1, 0.15) is 12.5 Å². The average Bonchev–Trinajstić information content (AvgIpc) is 3.07. The van der Waals surface area contributed by atoms with Crippen LogP contribution >= 0.6 is 0 Å². The van der Waals surface area contributed by atoms with E-state index in [9.17, 15) is 9.18 Å². The predicted octanol–water partition coefficient (Wildman–Crippen LogP) is 0.665. The molecule has 21 heavy (non-hydrogen) atoms. The van der Waals surface area contributed by atoms with Crippen molar-refractivity contribution in [3.05, 3.63) is 42.5 Å². The van der Waals surface area contributed by atoms with Gasteiger partial charge < -0.3 is 5.73 Å². The first-order valence-electron chi connectivity index (χ1n) is 6.77. The molecular formula is C14H16FN5O. The Balaban J connectivity index is 1.83. The standard InChI is InChI=1S/C14H16FN5O/c15-10-6-12(14(16)21)19(7-10)8-13-18-17-9-20(13)11-4-2-1-3-5-11/h1-5,9-10,12H,6-8H2,(H2,16,21)/t10-,12+/m1/s1. The van der Waals surface area contributed by atoms with Gasteiger partial charge in [-0.2, -0.15) is 0 Å². The third kappa shape index (κ3) is 2.78. The summed E-state index contributed by atoms with van der Waals surface area (Å²) in [6, 6.07) is 9.03. The lowest BCUT2D eigenvalue weighted by molar-refractivity contribution is -0.122. The number of hydrogen-bond acceptors (Lipinski definition) is 4. The normalized spacial score (nSPS) is 22.5. The molecule has 1 amide bonds. The fourth-order valence-electron chi connectivity index (χ4n) is 2.67. The van der Waals surface area contributed by atoms with E-state index in [2.05, 4.69) is 10.2 Å². The maximum absolute atomic E-state index is 13.5. The second-order valence-corrected chi connectivity index (χ2v) is 5.13. The van der Waals surface area contributed by atoms with Crippen LogP contribution in [0.1, 0.15) is 12.2 Å². The zero-order valence-corrected chi connectivity index (χ0v) is 11.4. The summed E-state index contributed by atoms with van der Waals surface area (Å²) in [4.78, 5) is 13.1. The Morgan fingerprint density at radius 2 is 2.14 bits per heavy atom. The molecule has 2 atom stereocenters. The Morgan fingerprint density at radius 3 is 2.86 bits per heavy atom. The Labute approximate surface area is 121 Å². The molecule has 1 aromatic heterocycles. The third-order valence-corrected chi connectivity index (χ3v) is 3.68. The van der Waals surface area contributed by atoms with Crippen LogP contribution in [0.2, 0.25) is 0 Å². The molecule has 2 N–H and O–H groups in total. The second kappa shape index (κ2) is 5.61.